The van der Waals surface area contributed by atoms with Crippen molar-refractivity contribution in [3.05, 3.63) is 63.9 Å². The molecule has 0 bridgehead atoms. The first-order valence-corrected chi connectivity index (χ1v) is 6.51. The van der Waals surface area contributed by atoms with Crippen LogP contribution in [0.15, 0.2) is 46.9 Å². The van der Waals surface area contributed by atoms with Crippen LogP contribution in [0.25, 0.3) is 0 Å². The summed E-state index contributed by atoms with van der Waals surface area (Å²) in [4.78, 5) is 12.0. The minimum Gasteiger partial charge on any atom is -0.321 e. The summed E-state index contributed by atoms with van der Waals surface area (Å²) in [6.45, 7) is 0. The van der Waals surface area contributed by atoms with Gasteiger partial charge < -0.3 is 5.32 Å². The number of benzene rings is 2. The molecule has 0 atom stereocenters. The van der Waals surface area contributed by atoms with E-state index in [4.69, 9.17) is 0 Å². The SMILES string of the molecule is O=C(Nc1ccc(F)cc1Br)c1ccccc1C(F)(F)F. The normalized spacial score (nSPS) is 11.3. The topological polar surface area (TPSA) is 29.1 Å². The first kappa shape index (κ1) is 15.5. The summed E-state index contributed by atoms with van der Waals surface area (Å²) >= 11 is 3.03. The lowest BCUT2D eigenvalue weighted by Crippen LogP contribution is -2.18. The van der Waals surface area contributed by atoms with Crippen molar-refractivity contribution in [2.45, 2.75) is 6.18 Å². The lowest BCUT2D eigenvalue weighted by molar-refractivity contribution is -0.137. The number of carbonyl (C=O) groups is 1. The van der Waals surface area contributed by atoms with E-state index in [1.54, 1.807) is 0 Å². The highest BCUT2D eigenvalue weighted by atomic mass is 79.9. The number of amides is 1. The molecule has 7 heteroatoms. The molecule has 2 nitrogen and oxygen atoms in total. The number of alkyl halides is 3. The van der Waals surface area contributed by atoms with Crippen molar-refractivity contribution in [1.29, 1.82) is 0 Å². The van der Waals surface area contributed by atoms with Crippen molar-refractivity contribution in [3.63, 3.8) is 0 Å². The first-order valence-electron chi connectivity index (χ1n) is 5.71. The average molecular weight is 362 g/mol. The molecule has 21 heavy (non-hydrogen) atoms. The molecule has 2 aromatic carbocycles. The third kappa shape index (κ3) is 3.60. The fourth-order valence-electron chi connectivity index (χ4n) is 1.71. The quantitative estimate of drug-likeness (QED) is 0.760. The van der Waals surface area contributed by atoms with E-state index in [-0.39, 0.29) is 10.2 Å². The third-order valence-electron chi connectivity index (χ3n) is 2.66. The lowest BCUT2D eigenvalue weighted by Gasteiger charge is -2.13. The summed E-state index contributed by atoms with van der Waals surface area (Å²) in [5, 5.41) is 2.31. The summed E-state index contributed by atoms with van der Waals surface area (Å²) < 4.78 is 51.7. The molecule has 0 aliphatic carbocycles. The Kier molecular flexibility index (Phi) is 4.32. The molecular weight excluding hydrogens is 354 g/mol. The smallest absolute Gasteiger partial charge is 0.321 e. The van der Waals surface area contributed by atoms with Crippen LogP contribution < -0.4 is 5.32 Å². The number of nitrogens with one attached hydrogen (secondary N) is 1. The van der Waals surface area contributed by atoms with Gasteiger partial charge in [0.1, 0.15) is 5.82 Å². The molecule has 1 amide bonds. The van der Waals surface area contributed by atoms with Gasteiger partial charge in [-0.05, 0) is 46.3 Å². The molecule has 0 aromatic heterocycles. The number of hydrogen-bond donors (Lipinski definition) is 1. The lowest BCUT2D eigenvalue weighted by atomic mass is 10.1. The zero-order valence-corrected chi connectivity index (χ0v) is 11.9. The van der Waals surface area contributed by atoms with Crippen LogP contribution in [0.3, 0.4) is 0 Å². The molecule has 0 spiro atoms. The van der Waals surface area contributed by atoms with Crippen molar-refractivity contribution in [2.24, 2.45) is 0 Å². The largest absolute Gasteiger partial charge is 0.417 e. The molecule has 1 N–H and O–H groups in total. The van der Waals surface area contributed by atoms with Crippen molar-refractivity contribution in [1.82, 2.24) is 0 Å². The summed E-state index contributed by atoms with van der Waals surface area (Å²) in [6.07, 6.45) is -4.63. The molecule has 0 fully saturated rings. The maximum absolute atomic E-state index is 12.9. The van der Waals surface area contributed by atoms with E-state index in [0.29, 0.717) is 0 Å². The zero-order valence-electron chi connectivity index (χ0n) is 10.3. The minimum atomic E-state index is -4.63. The maximum Gasteiger partial charge on any atom is 0.417 e. The highest BCUT2D eigenvalue weighted by Gasteiger charge is 2.34. The molecule has 2 rings (SSSR count). The molecule has 0 unspecified atom stereocenters. The van der Waals surface area contributed by atoms with Gasteiger partial charge in [0.15, 0.2) is 0 Å². The van der Waals surface area contributed by atoms with Gasteiger partial charge in [0.05, 0.1) is 16.8 Å². The number of halogens is 5. The van der Waals surface area contributed by atoms with E-state index in [9.17, 15) is 22.4 Å². The van der Waals surface area contributed by atoms with Gasteiger partial charge in [-0.2, -0.15) is 13.2 Å². The molecule has 0 saturated carbocycles. The van der Waals surface area contributed by atoms with Crippen LogP contribution in [-0.2, 0) is 6.18 Å². The van der Waals surface area contributed by atoms with Crippen LogP contribution in [0.4, 0.5) is 23.2 Å². The fraction of sp³-hybridized carbons (Fsp3) is 0.0714. The second-order valence-electron chi connectivity index (χ2n) is 4.12. The van der Waals surface area contributed by atoms with E-state index in [2.05, 4.69) is 21.2 Å². The van der Waals surface area contributed by atoms with Gasteiger partial charge in [-0.3, -0.25) is 4.79 Å². The highest BCUT2D eigenvalue weighted by molar-refractivity contribution is 9.10. The van der Waals surface area contributed by atoms with Gasteiger partial charge in [-0.15, -0.1) is 0 Å². The predicted octanol–water partition coefficient (Wildman–Crippen LogP) is 4.86. The van der Waals surface area contributed by atoms with Crippen LogP contribution in [0.5, 0.6) is 0 Å². The summed E-state index contributed by atoms with van der Waals surface area (Å²) in [5.74, 6) is -1.45. The zero-order chi connectivity index (χ0) is 15.6. The molecule has 0 saturated heterocycles. The van der Waals surface area contributed by atoms with Gasteiger partial charge in [0, 0.05) is 4.47 Å². The Morgan fingerprint density at radius 2 is 1.76 bits per heavy atom. The van der Waals surface area contributed by atoms with Crippen molar-refractivity contribution in [2.75, 3.05) is 5.32 Å². The molecule has 2 aromatic rings. The Morgan fingerprint density at radius 1 is 1.10 bits per heavy atom. The molecule has 110 valence electrons. The minimum absolute atomic E-state index is 0.179. The molecular formula is C14H8BrF4NO. The van der Waals surface area contributed by atoms with Crippen LogP contribution in [0.2, 0.25) is 0 Å². The molecule has 0 aliphatic rings. The van der Waals surface area contributed by atoms with E-state index in [1.165, 1.54) is 18.2 Å². The van der Waals surface area contributed by atoms with E-state index >= 15 is 0 Å². The van der Waals surface area contributed by atoms with E-state index in [1.807, 2.05) is 0 Å². The second kappa shape index (κ2) is 5.85. The number of rotatable bonds is 2. The van der Waals surface area contributed by atoms with E-state index in [0.717, 1.165) is 24.3 Å². The number of hydrogen-bond acceptors (Lipinski definition) is 1. The molecule has 0 heterocycles. The number of carbonyl (C=O) groups excluding carboxylic acids is 1. The van der Waals surface area contributed by atoms with Crippen molar-refractivity contribution in [3.8, 4) is 0 Å². The van der Waals surface area contributed by atoms with Crippen LogP contribution in [0.1, 0.15) is 15.9 Å². The van der Waals surface area contributed by atoms with Gasteiger partial charge in [0.2, 0.25) is 0 Å². The van der Waals surface area contributed by atoms with Crippen molar-refractivity contribution >= 4 is 27.5 Å². The Bertz CT molecular complexity index is 685. The highest BCUT2D eigenvalue weighted by Crippen LogP contribution is 2.32. The Labute approximate surface area is 125 Å². The maximum atomic E-state index is 12.9. The Balaban J connectivity index is 2.33. The van der Waals surface area contributed by atoms with Gasteiger partial charge >= 0.3 is 6.18 Å². The fourth-order valence-corrected chi connectivity index (χ4v) is 2.16. The molecule has 0 aliphatic heterocycles. The second-order valence-corrected chi connectivity index (χ2v) is 4.98. The predicted molar refractivity (Wildman–Crippen MR) is 73.5 cm³/mol. The van der Waals surface area contributed by atoms with Gasteiger partial charge in [-0.1, -0.05) is 12.1 Å². The standard InChI is InChI=1S/C14H8BrF4NO/c15-11-7-8(16)5-6-12(11)20-13(21)9-3-1-2-4-10(9)14(17,18)19/h1-7H,(H,20,21). The van der Waals surface area contributed by atoms with Crippen LogP contribution in [-0.4, -0.2) is 5.91 Å². The first-order chi connectivity index (χ1) is 9.79. The average Bonchev–Trinajstić information content (AvgIpc) is 2.41. The number of anilines is 1. The Morgan fingerprint density at radius 3 is 2.38 bits per heavy atom. The summed E-state index contributed by atoms with van der Waals surface area (Å²) in [6, 6.07) is 7.90. The molecule has 0 radical (unpaired) electrons. The Hall–Kier alpha value is -1.89. The van der Waals surface area contributed by atoms with Crippen LogP contribution in [0, 0.1) is 5.82 Å². The third-order valence-corrected chi connectivity index (χ3v) is 3.31. The van der Waals surface area contributed by atoms with Crippen molar-refractivity contribution < 1.29 is 22.4 Å². The monoisotopic (exact) mass is 361 g/mol. The van der Waals surface area contributed by atoms with Crippen LogP contribution >= 0.6 is 15.9 Å². The van der Waals surface area contributed by atoms with Gasteiger partial charge in [0.25, 0.3) is 5.91 Å². The van der Waals surface area contributed by atoms with E-state index < -0.39 is 29.0 Å². The summed E-state index contributed by atoms with van der Waals surface area (Å²) in [5.41, 5.74) is -1.35. The van der Waals surface area contributed by atoms with Gasteiger partial charge in [-0.25, -0.2) is 4.39 Å². The summed E-state index contributed by atoms with van der Waals surface area (Å²) in [7, 11) is 0.